The third kappa shape index (κ3) is 5.82. The van der Waals surface area contributed by atoms with Crippen LogP contribution in [0, 0.1) is 25.2 Å². The first-order valence-electron chi connectivity index (χ1n) is 9.89. The van der Waals surface area contributed by atoms with Gasteiger partial charge in [-0.25, -0.2) is 9.59 Å². The van der Waals surface area contributed by atoms with E-state index in [0.29, 0.717) is 5.56 Å². The van der Waals surface area contributed by atoms with Crippen LogP contribution in [0.25, 0.3) is 6.08 Å². The molecule has 1 heterocycles. The fraction of sp³-hybridized carbons (Fsp3) is 0.304. The van der Waals surface area contributed by atoms with E-state index in [-0.39, 0.29) is 5.57 Å². The number of benzene rings is 1. The molecule has 1 aromatic carbocycles. The summed E-state index contributed by atoms with van der Waals surface area (Å²) in [6.07, 6.45) is 1.01. The molecule has 8 heteroatoms. The Labute approximate surface area is 181 Å². The SMILES string of the molecule is CCCn1c(C)cc(/C=C(\C#N)C(=O)OC(C(=O)NC(=O)NC)c2ccccc2)c1C. The van der Waals surface area contributed by atoms with Crippen molar-refractivity contribution >= 4 is 24.0 Å². The molecule has 0 radical (unpaired) electrons. The quantitative estimate of drug-likeness (QED) is 0.404. The van der Waals surface area contributed by atoms with Gasteiger partial charge in [-0.3, -0.25) is 10.1 Å². The van der Waals surface area contributed by atoms with Crippen LogP contribution in [0.15, 0.2) is 42.0 Å². The van der Waals surface area contributed by atoms with Gasteiger partial charge in [0, 0.05) is 30.5 Å². The first kappa shape index (κ1) is 23.4. The Bertz CT molecular complexity index is 1030. The van der Waals surface area contributed by atoms with E-state index in [2.05, 4.69) is 22.1 Å². The number of imide groups is 1. The zero-order valence-corrected chi connectivity index (χ0v) is 18.1. The molecule has 8 nitrogen and oxygen atoms in total. The molecular weight excluding hydrogens is 396 g/mol. The lowest BCUT2D eigenvalue weighted by Gasteiger charge is -2.17. The summed E-state index contributed by atoms with van der Waals surface area (Å²) in [6.45, 7) is 6.77. The lowest BCUT2D eigenvalue weighted by atomic mass is 10.1. The summed E-state index contributed by atoms with van der Waals surface area (Å²) in [6, 6.07) is 11.3. The van der Waals surface area contributed by atoms with Crippen LogP contribution in [-0.4, -0.2) is 29.5 Å². The Hall–Kier alpha value is -3.86. The summed E-state index contributed by atoms with van der Waals surface area (Å²) in [5.74, 6) is -1.78. The van der Waals surface area contributed by atoms with Gasteiger partial charge in [0.2, 0.25) is 6.10 Å². The van der Waals surface area contributed by atoms with Gasteiger partial charge in [-0.05, 0) is 38.0 Å². The van der Waals surface area contributed by atoms with Gasteiger partial charge in [0.25, 0.3) is 5.91 Å². The van der Waals surface area contributed by atoms with Crippen molar-refractivity contribution in [1.82, 2.24) is 15.2 Å². The summed E-state index contributed by atoms with van der Waals surface area (Å²) in [7, 11) is 1.36. The van der Waals surface area contributed by atoms with E-state index in [4.69, 9.17) is 4.74 Å². The minimum atomic E-state index is -1.39. The van der Waals surface area contributed by atoms with Crippen LogP contribution >= 0.6 is 0 Å². The topological polar surface area (TPSA) is 113 Å². The van der Waals surface area contributed by atoms with E-state index in [9.17, 15) is 19.6 Å². The van der Waals surface area contributed by atoms with E-state index in [1.807, 2.05) is 26.0 Å². The summed E-state index contributed by atoms with van der Waals surface area (Å²) in [5.41, 5.74) is 2.80. The Morgan fingerprint density at radius 1 is 1.23 bits per heavy atom. The number of nitrogens with one attached hydrogen (secondary N) is 2. The molecule has 0 aliphatic heterocycles. The average molecular weight is 422 g/mol. The summed E-state index contributed by atoms with van der Waals surface area (Å²) in [5, 5.41) is 13.9. The molecule has 162 valence electrons. The zero-order chi connectivity index (χ0) is 23.0. The number of nitriles is 1. The highest BCUT2D eigenvalue weighted by molar-refractivity contribution is 6.01. The Morgan fingerprint density at radius 3 is 2.48 bits per heavy atom. The molecule has 0 aliphatic carbocycles. The number of esters is 1. The maximum Gasteiger partial charge on any atom is 0.350 e. The van der Waals surface area contributed by atoms with Crippen LogP contribution < -0.4 is 10.6 Å². The third-order valence-corrected chi connectivity index (χ3v) is 4.73. The lowest BCUT2D eigenvalue weighted by molar-refractivity contribution is -0.152. The number of carbonyl (C=O) groups excluding carboxylic acids is 3. The molecule has 0 saturated heterocycles. The number of rotatable bonds is 7. The molecule has 3 amide bonds. The van der Waals surface area contributed by atoms with Crippen molar-refractivity contribution < 1.29 is 19.1 Å². The third-order valence-electron chi connectivity index (χ3n) is 4.73. The molecule has 1 unspecified atom stereocenters. The first-order chi connectivity index (χ1) is 14.8. The van der Waals surface area contributed by atoms with Crippen LogP contribution in [0.5, 0.6) is 0 Å². The van der Waals surface area contributed by atoms with Gasteiger partial charge in [-0.2, -0.15) is 5.26 Å². The highest BCUT2D eigenvalue weighted by Gasteiger charge is 2.28. The second-order valence-electron chi connectivity index (χ2n) is 6.91. The summed E-state index contributed by atoms with van der Waals surface area (Å²) < 4.78 is 7.47. The van der Waals surface area contributed by atoms with Gasteiger partial charge in [0.05, 0.1) is 0 Å². The molecule has 1 atom stereocenters. The molecule has 2 aromatic rings. The molecule has 0 aliphatic rings. The number of aryl methyl sites for hydroxylation is 1. The standard InChI is InChI=1S/C23H26N4O4/c1-5-11-27-15(2)12-18(16(27)3)13-19(14-24)22(29)31-20(17-9-7-6-8-10-17)21(28)26-23(30)25-4/h6-10,12-13,20H,5,11H2,1-4H3,(H2,25,26,28,30)/b19-13+. The van der Waals surface area contributed by atoms with Crippen molar-refractivity contribution in [2.24, 2.45) is 0 Å². The number of urea groups is 1. The number of aromatic nitrogens is 1. The predicted octanol–water partition coefficient (Wildman–Crippen LogP) is 3.16. The van der Waals surface area contributed by atoms with Crippen molar-refractivity contribution in [3.05, 3.63) is 64.5 Å². The van der Waals surface area contributed by atoms with Gasteiger partial charge < -0.3 is 14.6 Å². The number of amides is 3. The average Bonchev–Trinajstić information content (AvgIpc) is 3.03. The number of hydrogen-bond donors (Lipinski definition) is 2. The van der Waals surface area contributed by atoms with Crippen LogP contribution in [-0.2, 0) is 20.9 Å². The van der Waals surface area contributed by atoms with Crippen LogP contribution in [0.4, 0.5) is 4.79 Å². The maximum atomic E-state index is 12.8. The van der Waals surface area contributed by atoms with E-state index in [1.54, 1.807) is 30.3 Å². The second kappa shape index (κ2) is 10.8. The monoisotopic (exact) mass is 422 g/mol. The number of carbonyl (C=O) groups is 3. The van der Waals surface area contributed by atoms with E-state index < -0.39 is 24.0 Å². The molecule has 2 N–H and O–H groups in total. The fourth-order valence-electron chi connectivity index (χ4n) is 3.15. The van der Waals surface area contributed by atoms with Crippen LogP contribution in [0.1, 0.15) is 42.0 Å². The van der Waals surface area contributed by atoms with Gasteiger partial charge in [0.15, 0.2) is 0 Å². The molecule has 0 spiro atoms. The van der Waals surface area contributed by atoms with Gasteiger partial charge in [0.1, 0.15) is 11.6 Å². The highest BCUT2D eigenvalue weighted by Crippen LogP contribution is 2.22. The number of hydrogen-bond acceptors (Lipinski definition) is 5. The molecule has 0 saturated carbocycles. The van der Waals surface area contributed by atoms with E-state index >= 15 is 0 Å². The van der Waals surface area contributed by atoms with E-state index in [1.165, 1.54) is 13.1 Å². The van der Waals surface area contributed by atoms with Crippen molar-refractivity contribution in [1.29, 1.82) is 5.26 Å². The van der Waals surface area contributed by atoms with Crippen LogP contribution in [0.3, 0.4) is 0 Å². The van der Waals surface area contributed by atoms with Crippen molar-refractivity contribution in [2.75, 3.05) is 7.05 Å². The second-order valence-corrected chi connectivity index (χ2v) is 6.91. The Kier molecular flexibility index (Phi) is 8.15. The number of ether oxygens (including phenoxy) is 1. The van der Waals surface area contributed by atoms with Gasteiger partial charge in [-0.1, -0.05) is 37.3 Å². The molecule has 2 rings (SSSR count). The Morgan fingerprint density at radius 2 is 1.90 bits per heavy atom. The van der Waals surface area contributed by atoms with Crippen LogP contribution in [0.2, 0.25) is 0 Å². The maximum absolute atomic E-state index is 12.8. The Balaban J connectivity index is 2.34. The zero-order valence-electron chi connectivity index (χ0n) is 18.1. The largest absolute Gasteiger partial charge is 0.443 e. The van der Waals surface area contributed by atoms with Gasteiger partial charge in [-0.15, -0.1) is 0 Å². The molecule has 1 aromatic heterocycles. The smallest absolute Gasteiger partial charge is 0.350 e. The minimum Gasteiger partial charge on any atom is -0.443 e. The normalized spacial score (nSPS) is 11.9. The van der Waals surface area contributed by atoms with E-state index in [0.717, 1.165) is 29.9 Å². The van der Waals surface area contributed by atoms with Gasteiger partial charge >= 0.3 is 12.0 Å². The number of nitrogens with zero attached hydrogens (tertiary/aromatic N) is 2. The van der Waals surface area contributed by atoms with Crippen molar-refractivity contribution in [3.8, 4) is 6.07 Å². The molecular formula is C23H26N4O4. The molecule has 0 fully saturated rings. The lowest BCUT2D eigenvalue weighted by Crippen LogP contribution is -2.41. The first-order valence-corrected chi connectivity index (χ1v) is 9.89. The predicted molar refractivity (Wildman–Crippen MR) is 116 cm³/mol. The summed E-state index contributed by atoms with van der Waals surface area (Å²) in [4.78, 5) is 36.8. The fourth-order valence-corrected chi connectivity index (χ4v) is 3.15. The minimum absolute atomic E-state index is 0.245. The molecule has 31 heavy (non-hydrogen) atoms. The van der Waals surface area contributed by atoms with Crippen molar-refractivity contribution in [3.63, 3.8) is 0 Å². The molecule has 0 bridgehead atoms. The highest BCUT2D eigenvalue weighted by atomic mass is 16.5. The van der Waals surface area contributed by atoms with Crippen molar-refractivity contribution in [2.45, 2.75) is 39.8 Å². The summed E-state index contributed by atoms with van der Waals surface area (Å²) >= 11 is 0.